The van der Waals surface area contributed by atoms with Crippen LogP contribution in [-0.4, -0.2) is 27.9 Å². The van der Waals surface area contributed by atoms with E-state index in [1.165, 1.54) is 11.3 Å². The molecule has 1 N–H and O–H groups in total. The van der Waals surface area contributed by atoms with Crippen molar-refractivity contribution in [2.24, 2.45) is 0 Å². The Morgan fingerprint density at radius 3 is 3.11 bits per heavy atom. The quantitative estimate of drug-likeness (QED) is 0.903. The second-order valence-corrected chi connectivity index (χ2v) is 4.72. The maximum absolute atomic E-state index is 4.37. The number of nitrogens with one attached hydrogen (secondary N) is 1. The van der Waals surface area contributed by atoms with Gasteiger partial charge in [0, 0.05) is 31.9 Å². The number of aryl methyl sites for hydroxylation is 1. The minimum absolute atomic E-state index is 0.812. The summed E-state index contributed by atoms with van der Waals surface area (Å²) in [5.74, 6) is 1.03. The normalized spacial score (nSPS) is 15.1. The first-order valence-corrected chi connectivity index (χ1v) is 6.78. The van der Waals surface area contributed by atoms with Gasteiger partial charge in [-0.3, -0.25) is 0 Å². The van der Waals surface area contributed by atoms with Crippen molar-refractivity contribution in [3.8, 4) is 0 Å². The Hall–Kier alpha value is -1.88. The second kappa shape index (κ2) is 5.40. The first-order valence-electron chi connectivity index (χ1n) is 6.78. The molecule has 0 unspecified atom stereocenters. The van der Waals surface area contributed by atoms with Crippen LogP contribution in [-0.2, 0) is 19.6 Å². The van der Waals surface area contributed by atoms with Gasteiger partial charge in [-0.25, -0.2) is 9.67 Å². The molecule has 0 saturated carbocycles. The lowest BCUT2D eigenvalue weighted by Crippen LogP contribution is -2.29. The lowest BCUT2D eigenvalue weighted by atomic mass is 10.1. The molecule has 0 aliphatic carbocycles. The van der Waals surface area contributed by atoms with Crippen molar-refractivity contribution in [2.45, 2.75) is 26.6 Å². The van der Waals surface area contributed by atoms with Gasteiger partial charge >= 0.3 is 0 Å². The number of hydrogen-bond acceptors (Lipinski definition) is 4. The molecule has 19 heavy (non-hydrogen) atoms. The first kappa shape index (κ1) is 12.2. The molecule has 3 rings (SSSR count). The van der Waals surface area contributed by atoms with Crippen LogP contribution in [0, 0.1) is 0 Å². The van der Waals surface area contributed by atoms with Crippen LogP contribution in [0.5, 0.6) is 0 Å². The Morgan fingerprint density at radius 2 is 2.21 bits per heavy atom. The molecule has 1 aliphatic heterocycles. The summed E-state index contributed by atoms with van der Waals surface area (Å²) in [6, 6.07) is 8.57. The van der Waals surface area contributed by atoms with Crippen LogP contribution in [0.25, 0.3) is 0 Å². The van der Waals surface area contributed by atoms with E-state index in [0.717, 1.165) is 38.5 Å². The molecule has 1 aromatic heterocycles. The highest BCUT2D eigenvalue weighted by atomic mass is 15.3. The lowest BCUT2D eigenvalue weighted by Gasteiger charge is -2.24. The third-order valence-corrected chi connectivity index (χ3v) is 3.53. The molecule has 0 spiro atoms. The van der Waals surface area contributed by atoms with Gasteiger partial charge in [0.1, 0.15) is 12.2 Å². The fourth-order valence-electron chi connectivity index (χ4n) is 2.54. The summed E-state index contributed by atoms with van der Waals surface area (Å²) in [6.07, 6.45) is 1.64. The van der Waals surface area contributed by atoms with E-state index >= 15 is 0 Å². The van der Waals surface area contributed by atoms with Crippen molar-refractivity contribution in [1.82, 2.24) is 20.1 Å². The number of nitrogens with zero attached hydrogens (tertiary/aromatic N) is 4. The average Bonchev–Trinajstić information content (AvgIpc) is 2.80. The smallest absolute Gasteiger partial charge is 0.146 e. The molecule has 1 aromatic carbocycles. The van der Waals surface area contributed by atoms with Gasteiger partial charge in [0.05, 0.1) is 6.54 Å². The number of benzene rings is 1. The number of rotatable bonds is 3. The monoisotopic (exact) mass is 257 g/mol. The molecule has 0 radical (unpaired) electrons. The topological polar surface area (TPSA) is 46.0 Å². The van der Waals surface area contributed by atoms with Gasteiger partial charge < -0.3 is 10.2 Å². The predicted octanol–water partition coefficient (Wildman–Crippen LogP) is 1.41. The third kappa shape index (κ3) is 2.46. The zero-order valence-electron chi connectivity index (χ0n) is 11.2. The largest absolute Gasteiger partial charge is 0.362 e. The zero-order chi connectivity index (χ0) is 13.1. The minimum Gasteiger partial charge on any atom is -0.362 e. The molecule has 2 heterocycles. The average molecular weight is 257 g/mol. The maximum atomic E-state index is 4.37. The summed E-state index contributed by atoms with van der Waals surface area (Å²) >= 11 is 0. The summed E-state index contributed by atoms with van der Waals surface area (Å²) in [5.41, 5.74) is 2.65. The Bertz CT molecular complexity index is 548. The van der Waals surface area contributed by atoms with Crippen molar-refractivity contribution in [3.05, 3.63) is 42.0 Å². The van der Waals surface area contributed by atoms with Crippen LogP contribution >= 0.6 is 0 Å². The Morgan fingerprint density at radius 1 is 1.32 bits per heavy atom. The lowest BCUT2D eigenvalue weighted by molar-refractivity contribution is 0.598. The minimum atomic E-state index is 0.812. The van der Waals surface area contributed by atoms with Crippen molar-refractivity contribution < 1.29 is 0 Å². The zero-order valence-corrected chi connectivity index (χ0v) is 11.2. The standard InChI is InChI=1S/C14H19N5/c1-2-19-14(16-11-17-19)10-18-8-7-15-9-12-5-3-4-6-13(12)18/h3-6,11,15H,2,7-10H2,1H3. The first-order chi connectivity index (χ1) is 9.38. The Kier molecular flexibility index (Phi) is 3.46. The highest BCUT2D eigenvalue weighted by Gasteiger charge is 2.16. The van der Waals surface area contributed by atoms with Gasteiger partial charge in [-0.15, -0.1) is 0 Å². The molecule has 0 amide bonds. The molecular weight excluding hydrogens is 238 g/mol. The number of anilines is 1. The van der Waals surface area contributed by atoms with Crippen LogP contribution in [0.2, 0.25) is 0 Å². The van der Waals surface area contributed by atoms with Crippen molar-refractivity contribution >= 4 is 5.69 Å². The molecule has 0 atom stereocenters. The Balaban J connectivity index is 1.88. The SMILES string of the molecule is CCn1ncnc1CN1CCNCc2ccccc21. The van der Waals surface area contributed by atoms with E-state index in [2.05, 4.69) is 51.5 Å². The molecule has 0 fully saturated rings. The van der Waals surface area contributed by atoms with Crippen LogP contribution in [0.4, 0.5) is 5.69 Å². The van der Waals surface area contributed by atoms with Crippen LogP contribution < -0.4 is 10.2 Å². The summed E-state index contributed by atoms with van der Waals surface area (Å²) in [5, 5.41) is 7.70. The maximum Gasteiger partial charge on any atom is 0.146 e. The number of aromatic nitrogens is 3. The number of hydrogen-bond donors (Lipinski definition) is 1. The highest BCUT2D eigenvalue weighted by Crippen LogP contribution is 2.23. The van der Waals surface area contributed by atoms with E-state index in [-0.39, 0.29) is 0 Å². The summed E-state index contributed by atoms with van der Waals surface area (Å²) in [4.78, 5) is 6.75. The van der Waals surface area contributed by atoms with E-state index in [4.69, 9.17) is 0 Å². The van der Waals surface area contributed by atoms with Gasteiger partial charge in [-0.1, -0.05) is 18.2 Å². The van der Waals surface area contributed by atoms with Gasteiger partial charge in [0.2, 0.25) is 0 Å². The van der Waals surface area contributed by atoms with E-state index in [0.29, 0.717) is 0 Å². The summed E-state index contributed by atoms with van der Waals surface area (Å²) in [6.45, 7) is 6.70. The fraction of sp³-hybridized carbons (Fsp3) is 0.429. The second-order valence-electron chi connectivity index (χ2n) is 4.72. The highest BCUT2D eigenvalue weighted by molar-refractivity contribution is 5.54. The van der Waals surface area contributed by atoms with E-state index in [1.54, 1.807) is 6.33 Å². The van der Waals surface area contributed by atoms with Crippen LogP contribution in [0.1, 0.15) is 18.3 Å². The summed E-state index contributed by atoms with van der Waals surface area (Å²) < 4.78 is 1.96. The molecular formula is C14H19N5. The van der Waals surface area contributed by atoms with E-state index in [1.807, 2.05) is 4.68 Å². The molecule has 0 saturated heterocycles. The van der Waals surface area contributed by atoms with Crippen LogP contribution in [0.3, 0.4) is 0 Å². The predicted molar refractivity (Wildman–Crippen MR) is 74.9 cm³/mol. The van der Waals surface area contributed by atoms with Crippen LogP contribution in [0.15, 0.2) is 30.6 Å². The van der Waals surface area contributed by atoms with Crippen molar-refractivity contribution in [1.29, 1.82) is 0 Å². The van der Waals surface area contributed by atoms with Crippen molar-refractivity contribution in [3.63, 3.8) is 0 Å². The van der Waals surface area contributed by atoms with Crippen molar-refractivity contribution in [2.75, 3.05) is 18.0 Å². The van der Waals surface area contributed by atoms with Gasteiger partial charge in [-0.2, -0.15) is 5.10 Å². The van der Waals surface area contributed by atoms with Gasteiger partial charge in [0.15, 0.2) is 0 Å². The molecule has 5 nitrogen and oxygen atoms in total. The van der Waals surface area contributed by atoms with E-state index in [9.17, 15) is 0 Å². The molecule has 5 heteroatoms. The molecule has 0 bridgehead atoms. The summed E-state index contributed by atoms with van der Waals surface area (Å²) in [7, 11) is 0. The number of fused-ring (bicyclic) bond motifs is 1. The molecule has 2 aromatic rings. The third-order valence-electron chi connectivity index (χ3n) is 3.53. The Labute approximate surface area is 113 Å². The molecule has 1 aliphatic rings. The fourth-order valence-corrected chi connectivity index (χ4v) is 2.54. The van der Waals surface area contributed by atoms with E-state index < -0.39 is 0 Å². The van der Waals surface area contributed by atoms with Gasteiger partial charge in [0.25, 0.3) is 0 Å². The molecule has 100 valence electrons. The van der Waals surface area contributed by atoms with Gasteiger partial charge in [-0.05, 0) is 18.6 Å². The number of para-hydroxylation sites is 1.